The molecule has 3 rings (SSSR count). The van der Waals surface area contributed by atoms with Crippen molar-refractivity contribution in [2.45, 2.75) is 85.3 Å². The summed E-state index contributed by atoms with van der Waals surface area (Å²) in [5.74, 6) is 0. The second-order valence-electron chi connectivity index (χ2n) is 10.7. The van der Waals surface area contributed by atoms with Crippen LogP contribution in [0.15, 0.2) is 48.5 Å². The molecule has 1 unspecified atom stereocenters. The fourth-order valence-electron chi connectivity index (χ4n) is 5.19. The predicted molar refractivity (Wildman–Crippen MR) is 170 cm³/mol. The third-order valence-corrected chi connectivity index (χ3v) is 10.6. The fourth-order valence-corrected chi connectivity index (χ4v) is 7.78. The molecule has 1 fully saturated rings. The lowest BCUT2D eigenvalue weighted by Crippen LogP contribution is -2.46. The van der Waals surface area contributed by atoms with Crippen molar-refractivity contribution in [2.75, 3.05) is 62.4 Å². The Morgan fingerprint density at radius 2 is 1.12 bits per heavy atom. The Morgan fingerprint density at radius 1 is 0.675 bits per heavy atom. The monoisotopic (exact) mass is 570 g/mol. The molecule has 0 amide bonds. The van der Waals surface area contributed by atoms with E-state index in [0.29, 0.717) is 25.9 Å². The summed E-state index contributed by atoms with van der Waals surface area (Å²) in [6.07, 6.45) is 7.14. The van der Waals surface area contributed by atoms with Gasteiger partial charge in [-0.3, -0.25) is 0 Å². The molecule has 40 heavy (non-hydrogen) atoms. The maximum atomic E-state index is 6.08. The van der Waals surface area contributed by atoms with Crippen LogP contribution in [0.25, 0.3) is 0 Å². The van der Waals surface area contributed by atoms with Gasteiger partial charge in [-0.15, -0.1) is 0 Å². The van der Waals surface area contributed by atoms with Gasteiger partial charge in [-0.1, -0.05) is 51.0 Å². The van der Waals surface area contributed by atoms with Crippen molar-refractivity contribution in [1.82, 2.24) is 0 Å². The van der Waals surface area contributed by atoms with Gasteiger partial charge in [0, 0.05) is 63.4 Å². The minimum atomic E-state index is -2.61. The van der Waals surface area contributed by atoms with Crippen molar-refractivity contribution >= 4 is 20.2 Å². The van der Waals surface area contributed by atoms with Crippen molar-refractivity contribution in [2.24, 2.45) is 0 Å². The van der Waals surface area contributed by atoms with Crippen LogP contribution in [0, 0.1) is 0 Å². The number of benzene rings is 2. The van der Waals surface area contributed by atoms with Gasteiger partial charge in [-0.25, -0.2) is 0 Å². The predicted octanol–water partition coefficient (Wildman–Crippen LogP) is 7.33. The van der Waals surface area contributed by atoms with Crippen LogP contribution in [-0.2, 0) is 24.4 Å². The van der Waals surface area contributed by atoms with Crippen molar-refractivity contribution < 1.29 is 18.0 Å². The van der Waals surface area contributed by atoms with Crippen molar-refractivity contribution in [3.63, 3.8) is 0 Å². The third kappa shape index (κ3) is 10.8. The number of unbranched alkanes of at least 4 members (excludes halogenated alkanes) is 2. The molecule has 1 aliphatic heterocycles. The molecule has 0 spiro atoms. The molecule has 0 radical (unpaired) electrons. The first-order valence-corrected chi connectivity index (χ1v) is 17.7. The summed E-state index contributed by atoms with van der Waals surface area (Å²) >= 11 is 0. The molecule has 2 aromatic rings. The molecule has 1 saturated heterocycles. The third-order valence-electron chi connectivity index (χ3n) is 7.40. The highest BCUT2D eigenvalue weighted by atomic mass is 28.4. The average Bonchev–Trinajstić information content (AvgIpc) is 3.79. The van der Waals surface area contributed by atoms with Gasteiger partial charge < -0.3 is 27.8 Å². The van der Waals surface area contributed by atoms with E-state index in [2.05, 4.69) is 72.2 Å². The summed E-state index contributed by atoms with van der Waals surface area (Å²) < 4.78 is 23.7. The van der Waals surface area contributed by atoms with E-state index in [9.17, 15) is 0 Å². The first-order chi connectivity index (χ1) is 19.6. The lowest BCUT2D eigenvalue weighted by molar-refractivity contribution is 0.0709. The SMILES string of the molecule is CCCCN(CCC[Si](OCC)(OCC)OCC)c1ccc(Cc2ccc(N(CCCC)CC3CO3)cc2)cc1. The summed E-state index contributed by atoms with van der Waals surface area (Å²) in [6, 6.07) is 19.2. The smallest absolute Gasteiger partial charge is 0.374 e. The van der Waals surface area contributed by atoms with Crippen LogP contribution < -0.4 is 9.80 Å². The van der Waals surface area contributed by atoms with Gasteiger partial charge in [0.05, 0.1) is 12.7 Å². The number of hydrogen-bond acceptors (Lipinski definition) is 6. The van der Waals surface area contributed by atoms with Crippen LogP contribution in [0.1, 0.15) is 77.8 Å². The summed E-state index contributed by atoms with van der Waals surface area (Å²) in [5, 5.41) is 0. The highest BCUT2D eigenvalue weighted by Gasteiger charge is 2.39. The number of ether oxygens (including phenoxy) is 1. The Morgan fingerprint density at radius 3 is 1.57 bits per heavy atom. The van der Waals surface area contributed by atoms with E-state index in [1.54, 1.807) is 0 Å². The normalized spacial score (nSPS) is 14.9. The summed E-state index contributed by atoms with van der Waals surface area (Å²) in [7, 11) is -2.61. The molecule has 0 aliphatic carbocycles. The van der Waals surface area contributed by atoms with E-state index in [-0.39, 0.29) is 0 Å². The minimum absolute atomic E-state index is 0.413. The van der Waals surface area contributed by atoms with Gasteiger partial charge in [0.2, 0.25) is 0 Å². The summed E-state index contributed by atoms with van der Waals surface area (Å²) in [4.78, 5) is 4.99. The number of anilines is 2. The van der Waals surface area contributed by atoms with E-state index >= 15 is 0 Å². The molecule has 0 N–H and O–H groups in total. The van der Waals surface area contributed by atoms with E-state index in [1.807, 2.05) is 20.8 Å². The standard InChI is InChI=1S/C33H54N2O4Si/c1-6-11-22-34(24-13-25-40(37-8-3,38-9-4)39-10-5)31-18-14-29(15-19-31)26-30-16-20-32(21-17-30)35(23-12-7-2)27-33-28-36-33/h14-21,33H,6-13,22-28H2,1-5H3. The van der Waals surface area contributed by atoms with Gasteiger partial charge in [-0.2, -0.15) is 0 Å². The van der Waals surface area contributed by atoms with Gasteiger partial charge >= 0.3 is 8.80 Å². The van der Waals surface area contributed by atoms with Crippen LogP contribution in [0.4, 0.5) is 11.4 Å². The average molecular weight is 571 g/mol. The van der Waals surface area contributed by atoms with Crippen molar-refractivity contribution in [3.05, 3.63) is 59.7 Å². The highest BCUT2D eigenvalue weighted by molar-refractivity contribution is 6.60. The first-order valence-electron chi connectivity index (χ1n) is 15.8. The second-order valence-corrected chi connectivity index (χ2v) is 13.4. The topological polar surface area (TPSA) is 46.7 Å². The molecule has 2 aromatic carbocycles. The number of epoxide rings is 1. The molecule has 1 atom stereocenters. The molecule has 224 valence electrons. The Bertz CT molecular complexity index is 919. The van der Waals surface area contributed by atoms with Gasteiger partial charge in [0.1, 0.15) is 0 Å². The largest absolute Gasteiger partial charge is 0.500 e. The molecule has 0 aromatic heterocycles. The zero-order valence-electron chi connectivity index (χ0n) is 25.8. The summed E-state index contributed by atoms with van der Waals surface area (Å²) in [6.45, 7) is 17.5. The van der Waals surface area contributed by atoms with Crippen LogP contribution in [0.2, 0.25) is 6.04 Å². The van der Waals surface area contributed by atoms with E-state index in [0.717, 1.165) is 51.7 Å². The lowest BCUT2D eigenvalue weighted by Gasteiger charge is -2.30. The van der Waals surface area contributed by atoms with Gasteiger partial charge in [0.15, 0.2) is 0 Å². The maximum Gasteiger partial charge on any atom is 0.500 e. The lowest BCUT2D eigenvalue weighted by atomic mass is 10.0. The van der Waals surface area contributed by atoms with Gasteiger partial charge in [0.25, 0.3) is 0 Å². The fraction of sp³-hybridized carbons (Fsp3) is 0.636. The first kappa shape index (κ1) is 32.6. The molecule has 7 heteroatoms. The number of nitrogens with zero attached hydrogens (tertiary/aromatic N) is 2. The van der Waals surface area contributed by atoms with Crippen LogP contribution in [-0.4, -0.2) is 67.5 Å². The van der Waals surface area contributed by atoms with Crippen LogP contribution in [0.3, 0.4) is 0 Å². The molecule has 0 saturated carbocycles. The molecule has 1 aliphatic rings. The zero-order valence-corrected chi connectivity index (χ0v) is 26.8. The Kier molecular flexibility index (Phi) is 14.5. The Hall–Kier alpha value is -1.90. The zero-order chi connectivity index (χ0) is 28.6. The number of hydrogen-bond donors (Lipinski definition) is 0. The second kappa shape index (κ2) is 17.8. The maximum absolute atomic E-state index is 6.08. The van der Waals surface area contributed by atoms with E-state index < -0.39 is 8.80 Å². The molecular weight excluding hydrogens is 516 g/mol. The van der Waals surface area contributed by atoms with Gasteiger partial charge in [-0.05, 0) is 81.8 Å². The molecular formula is C33H54N2O4Si. The Labute approximate surface area is 245 Å². The van der Waals surface area contributed by atoms with Crippen LogP contribution >= 0.6 is 0 Å². The van der Waals surface area contributed by atoms with E-state index in [4.69, 9.17) is 18.0 Å². The number of rotatable bonds is 22. The summed E-state index contributed by atoms with van der Waals surface area (Å²) in [5.41, 5.74) is 5.29. The Balaban J connectivity index is 1.60. The quantitative estimate of drug-likeness (QED) is 0.109. The van der Waals surface area contributed by atoms with E-state index in [1.165, 1.54) is 48.2 Å². The highest BCUT2D eigenvalue weighted by Crippen LogP contribution is 2.24. The van der Waals surface area contributed by atoms with Crippen molar-refractivity contribution in [3.8, 4) is 0 Å². The molecule has 0 bridgehead atoms. The van der Waals surface area contributed by atoms with Crippen molar-refractivity contribution in [1.29, 1.82) is 0 Å². The minimum Gasteiger partial charge on any atom is -0.374 e. The molecule has 6 nitrogen and oxygen atoms in total. The molecule has 1 heterocycles. The van der Waals surface area contributed by atoms with Crippen LogP contribution in [0.5, 0.6) is 0 Å².